The molecule has 2 aliphatic rings. The first-order valence-corrected chi connectivity index (χ1v) is 8.90. The Labute approximate surface area is 157 Å². The van der Waals surface area contributed by atoms with Crippen LogP contribution >= 0.6 is 0 Å². The van der Waals surface area contributed by atoms with Crippen LogP contribution in [0.25, 0.3) is 0 Å². The van der Waals surface area contributed by atoms with Crippen LogP contribution in [0.4, 0.5) is 4.39 Å². The van der Waals surface area contributed by atoms with Gasteiger partial charge in [0.25, 0.3) is 11.8 Å². The normalized spacial score (nSPS) is 24.1. The smallest absolute Gasteiger partial charge is 0.255 e. The molecule has 0 bridgehead atoms. The topological polar surface area (TPSA) is 49.9 Å². The Morgan fingerprint density at radius 3 is 2.48 bits per heavy atom. The minimum Gasteiger partial charge on any atom is -0.497 e. The molecule has 0 aliphatic carbocycles. The molecule has 2 aliphatic heterocycles. The van der Waals surface area contributed by atoms with Crippen LogP contribution in [0.1, 0.15) is 34.8 Å². The van der Waals surface area contributed by atoms with Crippen LogP contribution in [0, 0.1) is 5.82 Å². The quantitative estimate of drug-likeness (QED) is 0.837. The number of likely N-dealkylation sites (N-methyl/N-ethyl adjacent to an activating group) is 1. The first-order chi connectivity index (χ1) is 12.9. The van der Waals surface area contributed by atoms with Gasteiger partial charge in [-0.15, -0.1) is 0 Å². The number of halogens is 1. The van der Waals surface area contributed by atoms with Crippen molar-refractivity contribution in [2.24, 2.45) is 0 Å². The van der Waals surface area contributed by atoms with Gasteiger partial charge in [0.05, 0.1) is 7.11 Å². The molecule has 0 unspecified atom stereocenters. The molecule has 2 aromatic rings. The molecule has 140 valence electrons. The molecule has 4 rings (SSSR count). The molecule has 5 nitrogen and oxygen atoms in total. The lowest BCUT2D eigenvalue weighted by atomic mass is 9.86. The molecule has 2 amide bonds. The summed E-state index contributed by atoms with van der Waals surface area (Å²) in [5.41, 5.74) is 0.684. The Morgan fingerprint density at radius 1 is 1.19 bits per heavy atom. The summed E-state index contributed by atoms with van der Waals surface area (Å²) in [5.74, 6) is -0.189. The first-order valence-electron chi connectivity index (χ1n) is 8.90. The summed E-state index contributed by atoms with van der Waals surface area (Å²) in [7, 11) is 3.34. The Morgan fingerprint density at radius 2 is 1.89 bits per heavy atom. The molecular formula is C21H21FN2O3. The third-order valence-electron chi connectivity index (χ3n) is 5.79. The Hall–Kier alpha value is -2.89. The van der Waals surface area contributed by atoms with E-state index < -0.39 is 11.4 Å². The van der Waals surface area contributed by atoms with Gasteiger partial charge in [0.15, 0.2) is 5.54 Å². The fourth-order valence-electron chi connectivity index (χ4n) is 4.23. The third kappa shape index (κ3) is 2.43. The second-order valence-corrected chi connectivity index (χ2v) is 7.26. The SMILES string of the molecule is COc1ccc(CN2C(=O)c3cc(F)ccc3[C@@]23C[C@H](C)N(C)C3=O)cc1. The summed E-state index contributed by atoms with van der Waals surface area (Å²) < 4.78 is 19.0. The molecule has 2 atom stereocenters. The summed E-state index contributed by atoms with van der Waals surface area (Å²) in [6.07, 6.45) is 0.489. The summed E-state index contributed by atoms with van der Waals surface area (Å²) in [4.78, 5) is 29.7. The number of benzene rings is 2. The van der Waals surface area contributed by atoms with Gasteiger partial charge in [0, 0.05) is 37.2 Å². The van der Waals surface area contributed by atoms with Crippen molar-refractivity contribution in [3.63, 3.8) is 0 Å². The van der Waals surface area contributed by atoms with Gasteiger partial charge < -0.3 is 14.5 Å². The molecule has 0 N–H and O–H groups in total. The van der Waals surface area contributed by atoms with Crippen LogP contribution in [0.3, 0.4) is 0 Å². The van der Waals surface area contributed by atoms with E-state index in [2.05, 4.69) is 0 Å². The van der Waals surface area contributed by atoms with E-state index in [1.807, 2.05) is 31.2 Å². The number of carbonyl (C=O) groups is 2. The van der Waals surface area contributed by atoms with E-state index in [9.17, 15) is 14.0 Å². The van der Waals surface area contributed by atoms with Gasteiger partial charge in [-0.25, -0.2) is 4.39 Å². The molecule has 1 spiro atoms. The number of methoxy groups -OCH3 is 1. The van der Waals surface area contributed by atoms with E-state index in [1.165, 1.54) is 12.1 Å². The predicted octanol–water partition coefficient (Wildman–Crippen LogP) is 2.94. The van der Waals surface area contributed by atoms with Crippen LogP contribution in [-0.2, 0) is 16.9 Å². The Bertz CT molecular complexity index is 928. The van der Waals surface area contributed by atoms with Gasteiger partial charge in [-0.05, 0) is 36.8 Å². The number of ether oxygens (including phenoxy) is 1. The minimum atomic E-state index is -1.08. The highest BCUT2D eigenvalue weighted by Gasteiger charge is 2.60. The highest BCUT2D eigenvalue weighted by atomic mass is 19.1. The molecule has 1 saturated heterocycles. The number of nitrogens with zero attached hydrogens (tertiary/aromatic N) is 2. The lowest BCUT2D eigenvalue weighted by Gasteiger charge is -2.34. The van der Waals surface area contributed by atoms with Crippen LogP contribution < -0.4 is 4.74 Å². The van der Waals surface area contributed by atoms with Gasteiger partial charge in [0.1, 0.15) is 11.6 Å². The number of hydrogen-bond acceptors (Lipinski definition) is 3. The monoisotopic (exact) mass is 368 g/mol. The van der Waals surface area contributed by atoms with E-state index in [0.29, 0.717) is 12.0 Å². The van der Waals surface area contributed by atoms with Gasteiger partial charge in [0.2, 0.25) is 0 Å². The molecule has 27 heavy (non-hydrogen) atoms. The molecule has 2 heterocycles. The van der Waals surface area contributed by atoms with E-state index in [-0.39, 0.29) is 30.0 Å². The molecule has 0 aromatic heterocycles. The van der Waals surface area contributed by atoms with Crippen LogP contribution in [0.5, 0.6) is 5.75 Å². The number of rotatable bonds is 3. The third-order valence-corrected chi connectivity index (χ3v) is 5.79. The lowest BCUT2D eigenvalue weighted by Crippen LogP contribution is -2.48. The van der Waals surface area contributed by atoms with Crippen LogP contribution in [0.15, 0.2) is 42.5 Å². The molecule has 6 heteroatoms. The average molecular weight is 368 g/mol. The maximum Gasteiger partial charge on any atom is 0.255 e. The summed E-state index contributed by atoms with van der Waals surface area (Å²) in [6, 6.07) is 11.5. The number of hydrogen-bond donors (Lipinski definition) is 0. The predicted molar refractivity (Wildman–Crippen MR) is 97.8 cm³/mol. The standard InChI is InChI=1S/C21H21FN2O3/c1-13-11-21(20(26)23(13)2)18-9-6-15(22)10-17(18)19(25)24(21)12-14-4-7-16(27-3)8-5-14/h4-10,13H,11-12H2,1-3H3/t13-,21+/m0/s1. The fourth-order valence-corrected chi connectivity index (χ4v) is 4.23. The van der Waals surface area contributed by atoms with Crippen molar-refractivity contribution in [3.05, 3.63) is 65.0 Å². The van der Waals surface area contributed by atoms with Gasteiger partial charge in [-0.3, -0.25) is 9.59 Å². The van der Waals surface area contributed by atoms with Gasteiger partial charge in [-0.2, -0.15) is 0 Å². The zero-order valence-electron chi connectivity index (χ0n) is 15.5. The van der Waals surface area contributed by atoms with Crippen LogP contribution in [-0.4, -0.2) is 41.8 Å². The molecule has 1 fully saturated rings. The zero-order chi connectivity index (χ0) is 19.3. The lowest BCUT2D eigenvalue weighted by molar-refractivity contribution is -0.136. The second-order valence-electron chi connectivity index (χ2n) is 7.26. The van der Waals surface area contributed by atoms with E-state index in [4.69, 9.17) is 4.74 Å². The van der Waals surface area contributed by atoms with Crippen molar-refractivity contribution in [1.29, 1.82) is 0 Å². The zero-order valence-corrected chi connectivity index (χ0v) is 15.5. The van der Waals surface area contributed by atoms with E-state index >= 15 is 0 Å². The Kier molecular flexibility index (Phi) is 3.94. The van der Waals surface area contributed by atoms with Crippen molar-refractivity contribution < 1.29 is 18.7 Å². The highest BCUT2D eigenvalue weighted by molar-refractivity contribution is 6.07. The van der Waals surface area contributed by atoms with Crippen molar-refractivity contribution >= 4 is 11.8 Å². The maximum atomic E-state index is 13.8. The maximum absolute atomic E-state index is 13.8. The highest BCUT2D eigenvalue weighted by Crippen LogP contribution is 2.48. The van der Waals surface area contributed by atoms with Gasteiger partial charge in [-0.1, -0.05) is 18.2 Å². The molecular weight excluding hydrogens is 347 g/mol. The molecule has 0 saturated carbocycles. The Balaban J connectivity index is 1.81. The minimum absolute atomic E-state index is 0.0142. The van der Waals surface area contributed by atoms with Crippen molar-refractivity contribution in [2.45, 2.75) is 31.5 Å². The molecule has 0 radical (unpaired) electrons. The van der Waals surface area contributed by atoms with Crippen molar-refractivity contribution in [3.8, 4) is 5.75 Å². The number of carbonyl (C=O) groups excluding carboxylic acids is 2. The van der Waals surface area contributed by atoms with E-state index in [0.717, 1.165) is 11.3 Å². The fraction of sp³-hybridized carbons (Fsp3) is 0.333. The van der Waals surface area contributed by atoms with E-state index in [1.54, 1.807) is 30.0 Å². The average Bonchev–Trinajstić information content (AvgIpc) is 3.03. The summed E-state index contributed by atoms with van der Waals surface area (Å²) in [6.45, 7) is 2.23. The van der Waals surface area contributed by atoms with Crippen molar-refractivity contribution in [1.82, 2.24) is 9.80 Å². The summed E-state index contributed by atoms with van der Waals surface area (Å²) in [5, 5.41) is 0. The van der Waals surface area contributed by atoms with Crippen molar-refractivity contribution in [2.75, 3.05) is 14.2 Å². The number of fused-ring (bicyclic) bond motifs is 2. The first kappa shape index (κ1) is 17.5. The number of amides is 2. The van der Waals surface area contributed by atoms with Crippen LogP contribution in [0.2, 0.25) is 0 Å². The summed E-state index contributed by atoms with van der Waals surface area (Å²) >= 11 is 0. The number of likely N-dealkylation sites (tertiary alicyclic amines) is 1. The second kappa shape index (κ2) is 6.08. The largest absolute Gasteiger partial charge is 0.497 e. The molecule has 2 aromatic carbocycles. The van der Waals surface area contributed by atoms with Gasteiger partial charge >= 0.3 is 0 Å².